The molecule has 2 saturated heterocycles. The van der Waals surface area contributed by atoms with E-state index in [0.29, 0.717) is 23.3 Å². The van der Waals surface area contributed by atoms with Gasteiger partial charge in [-0.05, 0) is 25.1 Å². The van der Waals surface area contributed by atoms with E-state index in [1.54, 1.807) is 36.3 Å². The number of benzene rings is 1. The number of nitrogens with two attached hydrogens (primary N) is 1. The van der Waals surface area contributed by atoms with Gasteiger partial charge in [-0.15, -0.1) is 0 Å². The Bertz CT molecular complexity index is 1210. The summed E-state index contributed by atoms with van der Waals surface area (Å²) >= 11 is 12.3. The monoisotopic (exact) mass is 496 g/mol. The maximum absolute atomic E-state index is 15.4. The van der Waals surface area contributed by atoms with E-state index in [1.165, 1.54) is 12.1 Å². The number of alkyl halides is 1. The van der Waals surface area contributed by atoms with Crippen molar-refractivity contribution in [1.29, 1.82) is 0 Å². The second-order valence-electron chi connectivity index (χ2n) is 8.06. The first-order valence-electron chi connectivity index (χ1n) is 10.3. The van der Waals surface area contributed by atoms with Crippen molar-refractivity contribution in [2.45, 2.75) is 37.4 Å². The van der Waals surface area contributed by atoms with Gasteiger partial charge in [-0.25, -0.2) is 13.8 Å². The lowest BCUT2D eigenvalue weighted by atomic mass is 9.97. The average Bonchev–Trinajstić information content (AvgIpc) is 3.47. The summed E-state index contributed by atoms with van der Waals surface area (Å²) in [6.45, 7) is 2.16. The molecule has 0 aliphatic carbocycles. The van der Waals surface area contributed by atoms with Crippen LogP contribution in [0, 0.1) is 5.82 Å². The van der Waals surface area contributed by atoms with Gasteiger partial charge in [0.25, 0.3) is 0 Å². The quantitative estimate of drug-likeness (QED) is 0.492. The number of nitrogens with zero attached hydrogens (tertiary/aromatic N) is 3. The smallest absolute Gasteiger partial charge is 0.194 e. The maximum Gasteiger partial charge on any atom is 0.194 e. The van der Waals surface area contributed by atoms with E-state index in [1.807, 2.05) is 0 Å². The summed E-state index contributed by atoms with van der Waals surface area (Å²) in [6.07, 6.45) is 3.57. The normalized spacial score (nSPS) is 25.2. The van der Waals surface area contributed by atoms with Crippen molar-refractivity contribution in [3.05, 3.63) is 58.2 Å². The number of ether oxygens (including phenoxy) is 3. The van der Waals surface area contributed by atoms with E-state index in [-0.39, 0.29) is 34.6 Å². The fraction of sp³-hybridized carbons (Fsp3) is 0.364. The molecule has 2 aliphatic rings. The van der Waals surface area contributed by atoms with Gasteiger partial charge in [-0.3, -0.25) is 4.68 Å². The molecule has 7 nitrogen and oxygen atoms in total. The number of rotatable bonds is 5. The van der Waals surface area contributed by atoms with Crippen molar-refractivity contribution in [2.24, 2.45) is 0 Å². The Morgan fingerprint density at radius 2 is 2.09 bits per heavy atom. The van der Waals surface area contributed by atoms with Crippen molar-refractivity contribution >= 4 is 29.0 Å². The summed E-state index contributed by atoms with van der Waals surface area (Å²) < 4.78 is 47.6. The zero-order valence-corrected chi connectivity index (χ0v) is 19.0. The average molecular weight is 497 g/mol. The Kier molecular flexibility index (Phi) is 5.68. The molecule has 4 atom stereocenters. The molecule has 2 aromatic heterocycles. The fourth-order valence-corrected chi connectivity index (χ4v) is 4.91. The van der Waals surface area contributed by atoms with Crippen LogP contribution >= 0.6 is 23.2 Å². The summed E-state index contributed by atoms with van der Waals surface area (Å²) in [6, 6.07) is 3.69. The van der Waals surface area contributed by atoms with Crippen molar-refractivity contribution in [3.8, 4) is 16.9 Å². The van der Waals surface area contributed by atoms with Crippen LogP contribution in [-0.2, 0) is 9.47 Å². The number of anilines is 1. The third-order valence-electron chi connectivity index (χ3n) is 6.03. The molecule has 4 heterocycles. The fourth-order valence-electron chi connectivity index (χ4n) is 4.23. The minimum Gasteiger partial charge on any atom is -0.482 e. The third-order valence-corrected chi connectivity index (χ3v) is 6.75. The van der Waals surface area contributed by atoms with E-state index < -0.39 is 29.9 Å². The number of aromatic nitrogens is 3. The van der Waals surface area contributed by atoms with Gasteiger partial charge in [0, 0.05) is 40.5 Å². The second-order valence-corrected chi connectivity index (χ2v) is 8.85. The molecule has 2 fully saturated rings. The Morgan fingerprint density at radius 1 is 1.27 bits per heavy atom. The third kappa shape index (κ3) is 3.82. The molecule has 174 valence electrons. The largest absolute Gasteiger partial charge is 0.482 e. The maximum atomic E-state index is 15.4. The zero-order valence-electron chi connectivity index (χ0n) is 17.5. The van der Waals surface area contributed by atoms with Gasteiger partial charge in [0.15, 0.2) is 23.5 Å². The van der Waals surface area contributed by atoms with Crippen LogP contribution in [0.2, 0.25) is 10.0 Å². The lowest BCUT2D eigenvalue weighted by molar-refractivity contribution is -0.117. The number of nitrogen functional groups attached to an aromatic ring is 1. The first-order valence-corrected chi connectivity index (χ1v) is 11.1. The number of hydrogen-bond donors (Lipinski definition) is 1. The predicted molar refractivity (Wildman–Crippen MR) is 119 cm³/mol. The van der Waals surface area contributed by atoms with Crippen LogP contribution in [0.25, 0.3) is 11.1 Å². The Balaban J connectivity index is 1.41. The first-order chi connectivity index (χ1) is 15.8. The van der Waals surface area contributed by atoms with Gasteiger partial charge >= 0.3 is 0 Å². The molecule has 4 unspecified atom stereocenters. The zero-order chi connectivity index (χ0) is 23.3. The van der Waals surface area contributed by atoms with Gasteiger partial charge < -0.3 is 19.9 Å². The van der Waals surface area contributed by atoms with Crippen molar-refractivity contribution in [2.75, 3.05) is 18.9 Å². The van der Waals surface area contributed by atoms with Crippen LogP contribution in [0.3, 0.4) is 0 Å². The topological polar surface area (TPSA) is 84.4 Å². The summed E-state index contributed by atoms with van der Waals surface area (Å²) in [7, 11) is 0. The molecule has 0 amide bonds. The second kappa shape index (κ2) is 8.39. The Morgan fingerprint density at radius 3 is 2.91 bits per heavy atom. The van der Waals surface area contributed by atoms with Crippen molar-refractivity contribution in [3.63, 3.8) is 0 Å². The highest BCUT2D eigenvalue weighted by Crippen LogP contribution is 2.46. The molecule has 0 saturated carbocycles. The van der Waals surface area contributed by atoms with Crippen LogP contribution in [-0.4, -0.2) is 39.9 Å². The summed E-state index contributed by atoms with van der Waals surface area (Å²) in [5.41, 5.74) is 6.03. The van der Waals surface area contributed by atoms with Crippen LogP contribution in [0.5, 0.6) is 5.75 Å². The molecule has 5 rings (SSSR count). The molecule has 2 aliphatic heterocycles. The van der Waals surface area contributed by atoms with Gasteiger partial charge in [0.2, 0.25) is 0 Å². The molecule has 0 radical (unpaired) electrons. The van der Waals surface area contributed by atoms with Crippen LogP contribution in [0.15, 0.2) is 36.8 Å². The minimum absolute atomic E-state index is 0.118. The molecule has 33 heavy (non-hydrogen) atoms. The van der Waals surface area contributed by atoms with Crippen LogP contribution in [0.1, 0.15) is 31.1 Å². The standard InChI is InChI=1S/C22H20Cl2F2N4O3/c1-11(18-14(23)2-3-15(25)19(18)24)33-16-6-12(7-28-20(16)27)13-8-29-30(9-13)17-10-32-21-22(17,26)4-5-31-21/h2-3,6-9,11,17,21H,4-5,10H2,1H3,(H2,27,28). The Labute approximate surface area is 198 Å². The Hall–Kier alpha value is -2.46. The van der Waals surface area contributed by atoms with E-state index in [2.05, 4.69) is 10.1 Å². The molecule has 3 aromatic rings. The molecule has 0 bridgehead atoms. The number of pyridine rings is 1. The number of fused-ring (bicyclic) bond motifs is 1. The molecule has 1 aromatic carbocycles. The molecular weight excluding hydrogens is 477 g/mol. The van der Waals surface area contributed by atoms with E-state index in [0.717, 1.165) is 0 Å². The SMILES string of the molecule is CC(Oc1cc(-c2cnn(C3COC4OCCC43F)c2)cnc1N)c1c(Cl)ccc(F)c1Cl. The van der Waals surface area contributed by atoms with Crippen LogP contribution in [0.4, 0.5) is 14.6 Å². The summed E-state index contributed by atoms with van der Waals surface area (Å²) in [4.78, 5) is 4.20. The summed E-state index contributed by atoms with van der Waals surface area (Å²) in [5.74, 6) is -0.200. The van der Waals surface area contributed by atoms with Gasteiger partial charge in [-0.1, -0.05) is 23.2 Å². The number of halogens is 4. The number of hydrogen-bond acceptors (Lipinski definition) is 6. The molecule has 11 heteroatoms. The van der Waals surface area contributed by atoms with Gasteiger partial charge in [0.1, 0.15) is 18.0 Å². The molecule has 2 N–H and O–H groups in total. The van der Waals surface area contributed by atoms with E-state index >= 15 is 4.39 Å². The van der Waals surface area contributed by atoms with Crippen molar-refractivity contribution in [1.82, 2.24) is 14.8 Å². The highest BCUT2D eigenvalue weighted by molar-refractivity contribution is 6.36. The van der Waals surface area contributed by atoms with Gasteiger partial charge in [-0.2, -0.15) is 5.10 Å². The lowest BCUT2D eigenvalue weighted by Gasteiger charge is -2.23. The minimum atomic E-state index is -1.62. The highest BCUT2D eigenvalue weighted by Gasteiger charge is 2.58. The highest BCUT2D eigenvalue weighted by atomic mass is 35.5. The molecular formula is C22H20Cl2F2N4O3. The van der Waals surface area contributed by atoms with E-state index in [9.17, 15) is 4.39 Å². The van der Waals surface area contributed by atoms with Crippen molar-refractivity contribution < 1.29 is 23.0 Å². The van der Waals surface area contributed by atoms with Gasteiger partial charge in [0.05, 0.1) is 24.4 Å². The summed E-state index contributed by atoms with van der Waals surface area (Å²) in [5, 5.41) is 4.49. The lowest BCUT2D eigenvalue weighted by Crippen LogP contribution is -2.36. The molecule has 0 spiro atoms. The first kappa shape index (κ1) is 22.3. The predicted octanol–water partition coefficient (Wildman–Crippen LogP) is 5.14. The van der Waals surface area contributed by atoms with E-state index in [4.69, 9.17) is 43.1 Å². The van der Waals surface area contributed by atoms with Crippen LogP contribution < -0.4 is 10.5 Å².